The lowest BCUT2D eigenvalue weighted by Gasteiger charge is -2.20. The maximum atomic E-state index is 13.7. The van der Waals surface area contributed by atoms with Gasteiger partial charge in [0.05, 0.1) is 17.2 Å². The van der Waals surface area contributed by atoms with E-state index >= 15 is 0 Å². The number of nitrogens with zero attached hydrogens (tertiary/aromatic N) is 3. The van der Waals surface area contributed by atoms with Crippen molar-refractivity contribution in [3.63, 3.8) is 0 Å². The molecule has 1 aliphatic rings. The van der Waals surface area contributed by atoms with Gasteiger partial charge in [0.2, 0.25) is 5.13 Å². The third-order valence-corrected chi connectivity index (χ3v) is 5.88. The fourth-order valence-electron chi connectivity index (χ4n) is 2.63. The number of aromatic nitrogens is 2. The molecule has 8 nitrogen and oxygen atoms in total. The number of ether oxygens (including phenoxy) is 2. The summed E-state index contributed by atoms with van der Waals surface area (Å²) in [6.45, 7) is 0.377. The quantitative estimate of drug-likeness (QED) is 0.354. The number of nitrogens with one attached hydrogen (secondary N) is 1. The Balaban J connectivity index is 1.49. The summed E-state index contributed by atoms with van der Waals surface area (Å²) in [7, 11) is 0. The third-order valence-electron chi connectivity index (χ3n) is 3.86. The summed E-state index contributed by atoms with van der Waals surface area (Å²) in [4.78, 5) is 10.7. The van der Waals surface area contributed by atoms with Crippen molar-refractivity contribution in [2.75, 3.05) is 12.1 Å². The Morgan fingerprint density at radius 2 is 2.18 bits per heavy atom. The maximum absolute atomic E-state index is 13.7. The molecular weight excluding hydrogens is 407 g/mol. The van der Waals surface area contributed by atoms with Gasteiger partial charge in [-0.3, -0.25) is 10.1 Å². The van der Waals surface area contributed by atoms with Gasteiger partial charge in [-0.1, -0.05) is 35.2 Å². The van der Waals surface area contributed by atoms with Crippen LogP contribution in [0.15, 0.2) is 40.7 Å². The summed E-state index contributed by atoms with van der Waals surface area (Å²) in [5.74, 6) is 0.645. The van der Waals surface area contributed by atoms with Crippen molar-refractivity contribution >= 4 is 39.6 Å². The summed E-state index contributed by atoms with van der Waals surface area (Å²) in [5, 5.41) is 22.6. The zero-order chi connectivity index (χ0) is 19.5. The molecule has 1 aliphatic heterocycles. The number of non-ortho nitro benzene ring substituents is 1. The number of hydrogen-bond acceptors (Lipinski definition) is 9. The highest BCUT2D eigenvalue weighted by molar-refractivity contribution is 8.00. The average molecular weight is 420 g/mol. The minimum Gasteiger partial charge on any atom is -0.467 e. The summed E-state index contributed by atoms with van der Waals surface area (Å²) >= 11 is 2.64. The van der Waals surface area contributed by atoms with Crippen LogP contribution >= 0.6 is 23.1 Å². The number of rotatable bonds is 6. The van der Waals surface area contributed by atoms with Gasteiger partial charge in [-0.2, -0.15) is 0 Å². The highest BCUT2D eigenvalue weighted by Gasteiger charge is 2.21. The normalized spacial score (nSPS) is 12.9. The van der Waals surface area contributed by atoms with Gasteiger partial charge in [-0.05, 0) is 12.1 Å². The van der Waals surface area contributed by atoms with Gasteiger partial charge in [0.1, 0.15) is 11.6 Å². The molecule has 0 saturated carbocycles. The average Bonchev–Trinajstić information content (AvgIpc) is 3.15. The molecule has 1 N–H and O–H groups in total. The lowest BCUT2D eigenvalue weighted by Crippen LogP contribution is -2.13. The van der Waals surface area contributed by atoms with E-state index in [9.17, 15) is 14.5 Å². The van der Waals surface area contributed by atoms with Crippen molar-refractivity contribution in [2.45, 2.75) is 16.7 Å². The number of para-hydroxylation sites is 1. The highest BCUT2D eigenvalue weighted by Crippen LogP contribution is 2.37. The second kappa shape index (κ2) is 8.09. The van der Waals surface area contributed by atoms with Crippen LogP contribution in [0, 0.1) is 15.9 Å². The molecule has 4 rings (SSSR count). The van der Waals surface area contributed by atoms with E-state index in [1.165, 1.54) is 41.3 Å². The fraction of sp³-hybridized carbons (Fsp3) is 0.176. The Morgan fingerprint density at radius 3 is 3.00 bits per heavy atom. The van der Waals surface area contributed by atoms with Gasteiger partial charge in [0.15, 0.2) is 11.1 Å². The number of nitro benzene ring substituents is 1. The first-order valence-corrected chi connectivity index (χ1v) is 9.89. The Labute approximate surface area is 166 Å². The molecule has 0 spiro atoms. The Morgan fingerprint density at radius 1 is 1.32 bits per heavy atom. The molecule has 0 fully saturated rings. The van der Waals surface area contributed by atoms with Crippen LogP contribution < -0.4 is 10.1 Å². The van der Waals surface area contributed by atoms with E-state index in [4.69, 9.17) is 9.47 Å². The van der Waals surface area contributed by atoms with Gasteiger partial charge in [0, 0.05) is 29.0 Å². The number of nitro groups is 1. The monoisotopic (exact) mass is 420 g/mol. The number of fused-ring (bicyclic) bond motifs is 1. The standard InChI is InChI=1S/C17H13FN4O4S2/c18-13-3-1-2-4-14(13)19-16-20-21-17(28-16)27-8-11-6-12(22(23)24)5-10-7-25-9-26-15(10)11/h1-6H,7-9H2,(H,19,20). The molecule has 0 bridgehead atoms. The second-order valence-electron chi connectivity index (χ2n) is 5.73. The highest BCUT2D eigenvalue weighted by atomic mass is 32.2. The minimum absolute atomic E-state index is 0.0115. The molecule has 0 radical (unpaired) electrons. The predicted octanol–water partition coefficient (Wildman–Crippen LogP) is 4.49. The molecule has 0 saturated heterocycles. The number of anilines is 2. The Bertz CT molecular complexity index is 1030. The van der Waals surface area contributed by atoms with Gasteiger partial charge >= 0.3 is 0 Å². The Hall–Kier alpha value is -2.76. The van der Waals surface area contributed by atoms with Crippen molar-refractivity contribution in [2.24, 2.45) is 0 Å². The molecular formula is C17H13FN4O4S2. The zero-order valence-electron chi connectivity index (χ0n) is 14.3. The van der Waals surface area contributed by atoms with Crippen molar-refractivity contribution in [1.29, 1.82) is 0 Å². The van der Waals surface area contributed by atoms with Crippen LogP contribution in [0.2, 0.25) is 0 Å². The number of halogens is 1. The minimum atomic E-state index is -0.440. The molecule has 2 aromatic carbocycles. The van der Waals surface area contributed by atoms with Crippen molar-refractivity contribution in [1.82, 2.24) is 10.2 Å². The van der Waals surface area contributed by atoms with E-state index in [1.807, 2.05) is 0 Å². The van der Waals surface area contributed by atoms with E-state index in [-0.39, 0.29) is 24.9 Å². The van der Waals surface area contributed by atoms with Gasteiger partial charge in [-0.15, -0.1) is 10.2 Å². The number of benzene rings is 2. The van der Waals surface area contributed by atoms with E-state index < -0.39 is 4.92 Å². The molecule has 0 atom stereocenters. The van der Waals surface area contributed by atoms with E-state index in [0.29, 0.717) is 37.8 Å². The van der Waals surface area contributed by atoms with E-state index in [2.05, 4.69) is 15.5 Å². The Kier molecular flexibility index (Phi) is 5.37. The lowest BCUT2D eigenvalue weighted by atomic mass is 10.1. The summed E-state index contributed by atoms with van der Waals surface area (Å²) in [6, 6.07) is 9.25. The molecule has 0 amide bonds. The second-order valence-corrected chi connectivity index (χ2v) is 7.93. The van der Waals surface area contributed by atoms with Crippen LogP contribution in [0.25, 0.3) is 0 Å². The SMILES string of the molecule is O=[N+]([O-])c1cc2c(c(CSc3nnc(Nc4ccccc4F)s3)c1)OCOC2. The zero-order valence-corrected chi connectivity index (χ0v) is 15.9. The molecule has 2 heterocycles. The molecule has 1 aromatic heterocycles. The van der Waals surface area contributed by atoms with Crippen LogP contribution in [0.4, 0.5) is 20.9 Å². The van der Waals surface area contributed by atoms with Crippen molar-refractivity contribution in [3.05, 3.63) is 63.5 Å². The first-order chi connectivity index (χ1) is 13.6. The van der Waals surface area contributed by atoms with Crippen LogP contribution in [0.1, 0.15) is 11.1 Å². The van der Waals surface area contributed by atoms with Gasteiger partial charge < -0.3 is 14.8 Å². The summed E-state index contributed by atoms with van der Waals surface area (Å²) < 4.78 is 25.1. The lowest BCUT2D eigenvalue weighted by molar-refractivity contribution is -0.385. The van der Waals surface area contributed by atoms with Crippen LogP contribution in [-0.2, 0) is 17.1 Å². The molecule has 0 aliphatic carbocycles. The topological polar surface area (TPSA) is 99.4 Å². The van der Waals surface area contributed by atoms with E-state index in [1.54, 1.807) is 18.2 Å². The van der Waals surface area contributed by atoms with Gasteiger partial charge in [0.25, 0.3) is 5.69 Å². The van der Waals surface area contributed by atoms with Crippen LogP contribution in [0.3, 0.4) is 0 Å². The predicted molar refractivity (Wildman–Crippen MR) is 103 cm³/mol. The van der Waals surface area contributed by atoms with Crippen LogP contribution in [-0.4, -0.2) is 21.9 Å². The number of thioether (sulfide) groups is 1. The molecule has 0 unspecified atom stereocenters. The molecule has 11 heteroatoms. The number of hydrogen-bond donors (Lipinski definition) is 1. The van der Waals surface area contributed by atoms with E-state index in [0.717, 1.165) is 0 Å². The first kappa shape index (κ1) is 18.6. The molecule has 28 heavy (non-hydrogen) atoms. The van der Waals surface area contributed by atoms with Crippen LogP contribution in [0.5, 0.6) is 5.75 Å². The largest absolute Gasteiger partial charge is 0.467 e. The van der Waals surface area contributed by atoms with Gasteiger partial charge in [-0.25, -0.2) is 4.39 Å². The summed E-state index contributed by atoms with van der Waals surface area (Å²) in [5.41, 5.74) is 1.64. The summed E-state index contributed by atoms with van der Waals surface area (Å²) in [6.07, 6.45) is 0. The maximum Gasteiger partial charge on any atom is 0.270 e. The van der Waals surface area contributed by atoms with Crippen molar-refractivity contribution in [3.8, 4) is 5.75 Å². The first-order valence-electron chi connectivity index (χ1n) is 8.09. The molecule has 3 aromatic rings. The fourth-order valence-corrected chi connectivity index (χ4v) is 4.36. The molecule has 144 valence electrons. The third kappa shape index (κ3) is 4.06. The smallest absolute Gasteiger partial charge is 0.270 e. The van der Waals surface area contributed by atoms with Crippen molar-refractivity contribution < 1.29 is 18.8 Å².